The Balaban J connectivity index is 1.57. The molecule has 0 saturated carbocycles. The van der Waals surface area contributed by atoms with Crippen molar-refractivity contribution >= 4 is 6.09 Å². The van der Waals surface area contributed by atoms with Crippen molar-refractivity contribution in [1.29, 1.82) is 0 Å². The second-order valence-electron chi connectivity index (χ2n) is 6.17. The summed E-state index contributed by atoms with van der Waals surface area (Å²) in [4.78, 5) is 16.1. The first-order valence-electron chi connectivity index (χ1n) is 8.67. The van der Waals surface area contributed by atoms with Crippen LogP contribution in [0.5, 0.6) is 0 Å². The number of hydrogen-bond acceptors (Lipinski definition) is 4. The van der Waals surface area contributed by atoms with Crippen LogP contribution in [0.4, 0.5) is 4.79 Å². The number of nitrogens with one attached hydrogen (secondary N) is 1. The van der Waals surface area contributed by atoms with Crippen LogP contribution in [0.1, 0.15) is 45.4 Å². The van der Waals surface area contributed by atoms with Gasteiger partial charge in [0, 0.05) is 32.2 Å². The first-order chi connectivity index (χ1) is 10.3. The van der Waals surface area contributed by atoms with Crippen molar-refractivity contribution in [2.75, 3.05) is 45.9 Å². The van der Waals surface area contributed by atoms with Crippen LogP contribution in [0.15, 0.2) is 0 Å². The van der Waals surface area contributed by atoms with E-state index < -0.39 is 0 Å². The molecule has 2 heterocycles. The fraction of sp³-hybridized carbons (Fsp3) is 0.938. The third-order valence-electron chi connectivity index (χ3n) is 4.58. The summed E-state index contributed by atoms with van der Waals surface area (Å²) in [7, 11) is 0. The highest BCUT2D eigenvalue weighted by molar-refractivity contribution is 5.67. The third-order valence-corrected chi connectivity index (χ3v) is 4.58. The van der Waals surface area contributed by atoms with Crippen LogP contribution in [-0.4, -0.2) is 67.8 Å². The number of hydrogen-bond donors (Lipinski definition) is 1. The number of carbonyl (C=O) groups excluding carboxylic acids is 1. The molecular weight excluding hydrogens is 266 g/mol. The van der Waals surface area contributed by atoms with E-state index in [1.54, 1.807) is 0 Å². The van der Waals surface area contributed by atoms with E-state index in [2.05, 4.69) is 10.2 Å². The molecule has 2 saturated heterocycles. The minimum atomic E-state index is -0.152. The zero-order chi connectivity index (χ0) is 14.9. The van der Waals surface area contributed by atoms with E-state index in [1.165, 1.54) is 38.8 Å². The monoisotopic (exact) mass is 297 g/mol. The van der Waals surface area contributed by atoms with Crippen molar-refractivity contribution in [3.8, 4) is 0 Å². The average Bonchev–Trinajstić information content (AvgIpc) is 2.77. The summed E-state index contributed by atoms with van der Waals surface area (Å²) in [6.45, 7) is 8.73. The Morgan fingerprint density at radius 3 is 2.38 bits per heavy atom. The van der Waals surface area contributed by atoms with Crippen LogP contribution in [-0.2, 0) is 4.74 Å². The first kappa shape index (κ1) is 16.6. The summed E-state index contributed by atoms with van der Waals surface area (Å²) < 4.78 is 5.05. The number of amides is 1. The van der Waals surface area contributed by atoms with Crippen LogP contribution >= 0.6 is 0 Å². The lowest BCUT2D eigenvalue weighted by molar-refractivity contribution is 0.0948. The van der Waals surface area contributed by atoms with Gasteiger partial charge in [-0.25, -0.2) is 4.79 Å². The zero-order valence-corrected chi connectivity index (χ0v) is 13.5. The second-order valence-corrected chi connectivity index (χ2v) is 6.17. The highest BCUT2D eigenvalue weighted by Gasteiger charge is 2.23. The molecule has 1 N–H and O–H groups in total. The molecule has 21 heavy (non-hydrogen) atoms. The average molecular weight is 297 g/mol. The summed E-state index contributed by atoms with van der Waals surface area (Å²) in [5, 5.41) is 3.66. The number of carbonyl (C=O) groups is 1. The molecule has 0 aliphatic carbocycles. The van der Waals surface area contributed by atoms with Gasteiger partial charge in [0.25, 0.3) is 0 Å². The van der Waals surface area contributed by atoms with E-state index in [1.807, 2.05) is 11.8 Å². The number of likely N-dealkylation sites (tertiary alicyclic amines) is 2. The molecule has 0 unspecified atom stereocenters. The second kappa shape index (κ2) is 9.26. The Hall–Kier alpha value is -0.810. The van der Waals surface area contributed by atoms with E-state index >= 15 is 0 Å². The molecule has 0 aromatic rings. The van der Waals surface area contributed by atoms with E-state index in [9.17, 15) is 4.79 Å². The molecule has 0 atom stereocenters. The highest BCUT2D eigenvalue weighted by atomic mass is 16.6. The molecule has 0 aromatic heterocycles. The van der Waals surface area contributed by atoms with Gasteiger partial charge in [0.2, 0.25) is 0 Å². The quantitative estimate of drug-likeness (QED) is 0.844. The Kier molecular flexibility index (Phi) is 7.30. The fourth-order valence-corrected chi connectivity index (χ4v) is 3.27. The van der Waals surface area contributed by atoms with Gasteiger partial charge in [0.15, 0.2) is 0 Å². The molecular formula is C16H31N3O2. The molecule has 0 spiro atoms. The molecule has 2 fully saturated rings. The summed E-state index contributed by atoms with van der Waals surface area (Å²) in [5.41, 5.74) is 0. The SMILES string of the molecule is CCOC(=O)N1CCC(NCCN2CCCCCC2)CC1. The molecule has 2 rings (SSSR count). The Labute approximate surface area is 129 Å². The van der Waals surface area contributed by atoms with Crippen LogP contribution in [0.3, 0.4) is 0 Å². The van der Waals surface area contributed by atoms with Crippen molar-refractivity contribution in [3.05, 3.63) is 0 Å². The Morgan fingerprint density at radius 1 is 1.10 bits per heavy atom. The third kappa shape index (κ3) is 5.83. The lowest BCUT2D eigenvalue weighted by atomic mass is 10.1. The molecule has 5 heteroatoms. The van der Waals surface area contributed by atoms with Crippen LogP contribution in [0.2, 0.25) is 0 Å². The fourth-order valence-electron chi connectivity index (χ4n) is 3.27. The molecule has 2 aliphatic heterocycles. The van der Waals surface area contributed by atoms with Gasteiger partial charge in [-0.2, -0.15) is 0 Å². The van der Waals surface area contributed by atoms with Gasteiger partial charge in [-0.05, 0) is 45.7 Å². The predicted octanol–water partition coefficient (Wildman–Crippen LogP) is 2.07. The van der Waals surface area contributed by atoms with Gasteiger partial charge < -0.3 is 19.9 Å². The summed E-state index contributed by atoms with van der Waals surface area (Å²) in [6, 6.07) is 0.558. The first-order valence-corrected chi connectivity index (χ1v) is 8.67. The summed E-state index contributed by atoms with van der Waals surface area (Å²) >= 11 is 0. The standard InChI is InChI=1S/C16H31N3O2/c1-2-21-16(20)19-12-7-15(8-13-19)17-9-14-18-10-5-3-4-6-11-18/h15,17H,2-14H2,1H3. The maximum Gasteiger partial charge on any atom is 0.409 e. The minimum absolute atomic E-state index is 0.152. The molecule has 0 radical (unpaired) electrons. The lowest BCUT2D eigenvalue weighted by Gasteiger charge is -2.32. The van der Waals surface area contributed by atoms with Crippen molar-refractivity contribution in [1.82, 2.24) is 15.1 Å². The number of piperidine rings is 1. The predicted molar refractivity (Wildman–Crippen MR) is 84.5 cm³/mol. The molecule has 0 aromatic carbocycles. The maximum atomic E-state index is 11.6. The highest BCUT2D eigenvalue weighted by Crippen LogP contribution is 2.12. The Bertz CT molecular complexity index is 296. The smallest absolute Gasteiger partial charge is 0.409 e. The molecule has 1 amide bonds. The Morgan fingerprint density at radius 2 is 1.76 bits per heavy atom. The number of nitrogens with zero attached hydrogens (tertiary/aromatic N) is 2. The normalized spacial score (nSPS) is 22.0. The number of rotatable bonds is 5. The van der Waals surface area contributed by atoms with Gasteiger partial charge in [-0.15, -0.1) is 0 Å². The van der Waals surface area contributed by atoms with E-state index in [0.717, 1.165) is 39.0 Å². The molecule has 0 bridgehead atoms. The van der Waals surface area contributed by atoms with E-state index in [0.29, 0.717) is 12.6 Å². The van der Waals surface area contributed by atoms with Crippen molar-refractivity contribution in [2.45, 2.75) is 51.5 Å². The molecule has 2 aliphatic rings. The van der Waals surface area contributed by atoms with E-state index in [4.69, 9.17) is 4.74 Å². The van der Waals surface area contributed by atoms with Gasteiger partial charge in [0.05, 0.1) is 6.61 Å². The summed E-state index contributed by atoms with van der Waals surface area (Å²) in [5.74, 6) is 0. The topological polar surface area (TPSA) is 44.8 Å². The van der Waals surface area contributed by atoms with Crippen molar-refractivity contribution < 1.29 is 9.53 Å². The van der Waals surface area contributed by atoms with Crippen LogP contribution in [0.25, 0.3) is 0 Å². The van der Waals surface area contributed by atoms with Gasteiger partial charge in [-0.1, -0.05) is 12.8 Å². The van der Waals surface area contributed by atoms with Gasteiger partial charge in [0.1, 0.15) is 0 Å². The zero-order valence-electron chi connectivity index (χ0n) is 13.5. The summed E-state index contributed by atoms with van der Waals surface area (Å²) in [6.07, 6.45) is 7.44. The van der Waals surface area contributed by atoms with Crippen LogP contribution in [0, 0.1) is 0 Å². The van der Waals surface area contributed by atoms with E-state index in [-0.39, 0.29) is 6.09 Å². The maximum absolute atomic E-state index is 11.6. The lowest BCUT2D eigenvalue weighted by Crippen LogP contribution is -2.46. The van der Waals surface area contributed by atoms with Crippen LogP contribution < -0.4 is 5.32 Å². The van der Waals surface area contributed by atoms with Crippen molar-refractivity contribution in [2.24, 2.45) is 0 Å². The largest absolute Gasteiger partial charge is 0.450 e. The van der Waals surface area contributed by atoms with Gasteiger partial charge >= 0.3 is 6.09 Å². The van der Waals surface area contributed by atoms with Gasteiger partial charge in [-0.3, -0.25) is 0 Å². The minimum Gasteiger partial charge on any atom is -0.450 e. The van der Waals surface area contributed by atoms with Crippen molar-refractivity contribution in [3.63, 3.8) is 0 Å². The molecule has 5 nitrogen and oxygen atoms in total. The number of ether oxygens (including phenoxy) is 1. The molecule has 122 valence electrons.